The molecule has 0 saturated heterocycles. The van der Waals surface area contributed by atoms with Crippen LogP contribution in [0.5, 0.6) is 0 Å². The summed E-state index contributed by atoms with van der Waals surface area (Å²) in [6, 6.07) is 1.00. The van der Waals surface area contributed by atoms with Crippen molar-refractivity contribution in [1.29, 1.82) is 0 Å². The van der Waals surface area contributed by atoms with Gasteiger partial charge in [-0.1, -0.05) is 30.7 Å². The van der Waals surface area contributed by atoms with Crippen molar-refractivity contribution in [2.45, 2.75) is 32.4 Å². The van der Waals surface area contributed by atoms with Gasteiger partial charge in [0.2, 0.25) is 15.9 Å². The zero-order valence-electron chi connectivity index (χ0n) is 12.1. The molecule has 0 saturated carbocycles. The predicted octanol–water partition coefficient (Wildman–Crippen LogP) is 0.443. The molecule has 7 nitrogen and oxygen atoms in total. The zero-order valence-corrected chi connectivity index (χ0v) is 12.9. The highest BCUT2D eigenvalue weighted by Crippen LogP contribution is 2.14. The van der Waals surface area contributed by atoms with E-state index in [1.165, 1.54) is 0 Å². The van der Waals surface area contributed by atoms with Crippen LogP contribution in [0.2, 0.25) is 0 Å². The maximum Gasteiger partial charge on any atom is 0.242 e. The van der Waals surface area contributed by atoms with Gasteiger partial charge in [0.15, 0.2) is 5.76 Å². The summed E-state index contributed by atoms with van der Waals surface area (Å²) in [5, 5.41) is 6.56. The Morgan fingerprint density at radius 1 is 1.57 bits per heavy atom. The van der Waals surface area contributed by atoms with Crippen molar-refractivity contribution in [3.63, 3.8) is 0 Å². The molecule has 2 heterocycles. The lowest BCUT2D eigenvalue weighted by molar-refractivity contribution is -0.123. The van der Waals surface area contributed by atoms with Gasteiger partial charge in [0.1, 0.15) is 6.04 Å². The van der Waals surface area contributed by atoms with E-state index < -0.39 is 16.1 Å². The van der Waals surface area contributed by atoms with Crippen LogP contribution in [-0.2, 0) is 27.8 Å². The quantitative estimate of drug-likeness (QED) is 0.770. The fourth-order valence-corrected chi connectivity index (χ4v) is 3.09. The molecule has 8 heteroatoms. The number of rotatable bonds is 6. The highest BCUT2D eigenvalue weighted by atomic mass is 32.2. The first-order valence-corrected chi connectivity index (χ1v) is 8.62. The van der Waals surface area contributed by atoms with Crippen LogP contribution < -0.4 is 5.32 Å². The monoisotopic (exact) mass is 313 g/mol. The maximum atomic E-state index is 12.1. The standard InChI is InChI=1S/C13H19N3O4S/c1-3-5-10-8-11(20-15-10)9-14-13(17)12-6-4-7-16(12)21(2,18)19/h4,6,8,12H,3,5,7,9H2,1-2H3,(H,14,17). The van der Waals surface area contributed by atoms with Crippen LogP contribution in [0.1, 0.15) is 24.8 Å². The lowest BCUT2D eigenvalue weighted by Crippen LogP contribution is -2.45. The Labute approximate surface area is 124 Å². The van der Waals surface area contributed by atoms with Crippen molar-refractivity contribution in [2.75, 3.05) is 12.8 Å². The molecule has 0 radical (unpaired) electrons. The fourth-order valence-electron chi connectivity index (χ4n) is 2.15. The average Bonchev–Trinajstić information content (AvgIpc) is 3.04. The molecule has 1 amide bonds. The summed E-state index contributed by atoms with van der Waals surface area (Å²) < 4.78 is 29.4. The molecule has 1 aliphatic rings. The Kier molecular flexibility index (Phi) is 4.79. The van der Waals surface area contributed by atoms with E-state index in [0.717, 1.165) is 29.1 Å². The molecule has 116 valence electrons. The molecule has 2 rings (SSSR count). The molecule has 0 fully saturated rings. The summed E-state index contributed by atoms with van der Waals surface area (Å²) in [6.07, 6.45) is 6.13. The number of amides is 1. The highest BCUT2D eigenvalue weighted by Gasteiger charge is 2.32. The van der Waals surface area contributed by atoms with Gasteiger partial charge in [-0.15, -0.1) is 0 Å². The summed E-state index contributed by atoms with van der Waals surface area (Å²) in [5.41, 5.74) is 0.847. The molecular formula is C13H19N3O4S. The van der Waals surface area contributed by atoms with Gasteiger partial charge in [0.25, 0.3) is 0 Å². The van der Waals surface area contributed by atoms with E-state index in [0.29, 0.717) is 5.76 Å². The van der Waals surface area contributed by atoms with Crippen molar-refractivity contribution in [3.05, 3.63) is 29.7 Å². The minimum absolute atomic E-state index is 0.192. The fraction of sp³-hybridized carbons (Fsp3) is 0.538. The normalized spacial score (nSPS) is 19.0. The Morgan fingerprint density at radius 3 is 3.00 bits per heavy atom. The Balaban J connectivity index is 1.93. The van der Waals surface area contributed by atoms with Gasteiger partial charge in [-0.05, 0) is 6.42 Å². The molecule has 0 aliphatic carbocycles. The molecule has 0 spiro atoms. The average molecular weight is 313 g/mol. The van der Waals surface area contributed by atoms with Gasteiger partial charge >= 0.3 is 0 Å². The Hall–Kier alpha value is -1.67. The number of aromatic nitrogens is 1. The molecule has 1 N–H and O–H groups in total. The van der Waals surface area contributed by atoms with Gasteiger partial charge < -0.3 is 9.84 Å². The van der Waals surface area contributed by atoms with E-state index in [4.69, 9.17) is 4.52 Å². The second-order valence-electron chi connectivity index (χ2n) is 4.96. The van der Waals surface area contributed by atoms with Crippen LogP contribution in [0, 0.1) is 0 Å². The van der Waals surface area contributed by atoms with Crippen LogP contribution in [0.25, 0.3) is 0 Å². The van der Waals surface area contributed by atoms with E-state index in [-0.39, 0.29) is 19.0 Å². The van der Waals surface area contributed by atoms with Crippen molar-refractivity contribution in [2.24, 2.45) is 0 Å². The van der Waals surface area contributed by atoms with Crippen LogP contribution in [-0.4, -0.2) is 42.6 Å². The SMILES string of the molecule is CCCc1cc(CNC(=O)C2C=CCN2S(C)(=O)=O)on1. The Morgan fingerprint density at radius 2 is 2.33 bits per heavy atom. The van der Waals surface area contributed by atoms with Gasteiger partial charge in [0.05, 0.1) is 18.5 Å². The summed E-state index contributed by atoms with van der Waals surface area (Å²) in [6.45, 7) is 2.46. The minimum atomic E-state index is -3.41. The van der Waals surface area contributed by atoms with Crippen LogP contribution in [0.15, 0.2) is 22.7 Å². The van der Waals surface area contributed by atoms with E-state index >= 15 is 0 Å². The molecule has 1 aromatic rings. The molecule has 1 aliphatic heterocycles. The van der Waals surface area contributed by atoms with Crippen molar-refractivity contribution >= 4 is 15.9 Å². The second-order valence-corrected chi connectivity index (χ2v) is 6.89. The van der Waals surface area contributed by atoms with E-state index in [2.05, 4.69) is 10.5 Å². The lowest BCUT2D eigenvalue weighted by atomic mass is 10.2. The third-order valence-corrected chi connectivity index (χ3v) is 4.39. The van der Waals surface area contributed by atoms with E-state index in [1.807, 2.05) is 6.92 Å². The first kappa shape index (κ1) is 15.7. The van der Waals surface area contributed by atoms with Crippen molar-refractivity contribution < 1.29 is 17.7 Å². The second kappa shape index (κ2) is 6.40. The number of carbonyl (C=O) groups is 1. The zero-order chi connectivity index (χ0) is 15.5. The van der Waals surface area contributed by atoms with Crippen LogP contribution in [0.3, 0.4) is 0 Å². The van der Waals surface area contributed by atoms with Crippen molar-refractivity contribution in [3.8, 4) is 0 Å². The maximum absolute atomic E-state index is 12.1. The van der Waals surface area contributed by atoms with Crippen molar-refractivity contribution in [1.82, 2.24) is 14.8 Å². The van der Waals surface area contributed by atoms with Gasteiger partial charge in [-0.25, -0.2) is 8.42 Å². The predicted molar refractivity (Wildman–Crippen MR) is 76.8 cm³/mol. The number of nitrogens with zero attached hydrogens (tertiary/aromatic N) is 2. The lowest BCUT2D eigenvalue weighted by Gasteiger charge is -2.20. The summed E-state index contributed by atoms with van der Waals surface area (Å²) in [7, 11) is -3.41. The van der Waals surface area contributed by atoms with Crippen LogP contribution in [0.4, 0.5) is 0 Å². The Bertz CT molecular complexity index is 636. The topological polar surface area (TPSA) is 92.5 Å². The number of hydrogen-bond acceptors (Lipinski definition) is 5. The summed E-state index contributed by atoms with van der Waals surface area (Å²) >= 11 is 0. The first-order valence-electron chi connectivity index (χ1n) is 6.77. The number of sulfonamides is 1. The molecule has 1 atom stereocenters. The molecule has 21 heavy (non-hydrogen) atoms. The van der Waals surface area contributed by atoms with E-state index in [9.17, 15) is 13.2 Å². The molecule has 1 unspecified atom stereocenters. The third-order valence-electron chi connectivity index (χ3n) is 3.16. The number of carbonyl (C=O) groups excluding carboxylic acids is 1. The number of nitrogens with one attached hydrogen (secondary N) is 1. The minimum Gasteiger partial charge on any atom is -0.359 e. The summed E-state index contributed by atoms with van der Waals surface area (Å²) in [4.78, 5) is 12.1. The molecule has 0 bridgehead atoms. The van der Waals surface area contributed by atoms with Gasteiger partial charge in [-0.2, -0.15) is 4.31 Å². The van der Waals surface area contributed by atoms with Gasteiger partial charge in [0, 0.05) is 12.6 Å². The van der Waals surface area contributed by atoms with Gasteiger partial charge in [-0.3, -0.25) is 4.79 Å². The molecule has 1 aromatic heterocycles. The highest BCUT2D eigenvalue weighted by molar-refractivity contribution is 7.88. The molecule has 0 aromatic carbocycles. The summed E-state index contributed by atoms with van der Waals surface area (Å²) in [5.74, 6) is 0.183. The number of aryl methyl sites for hydroxylation is 1. The number of hydrogen-bond donors (Lipinski definition) is 1. The molecular weight excluding hydrogens is 294 g/mol. The van der Waals surface area contributed by atoms with Crippen LogP contribution >= 0.6 is 0 Å². The first-order chi connectivity index (χ1) is 9.91. The third kappa shape index (κ3) is 3.92. The smallest absolute Gasteiger partial charge is 0.242 e. The van der Waals surface area contributed by atoms with E-state index in [1.54, 1.807) is 18.2 Å². The largest absolute Gasteiger partial charge is 0.359 e.